The Morgan fingerprint density at radius 3 is 2.83 bits per heavy atom. The Balaban J connectivity index is 1.83. The number of nitro groups is 1. The van der Waals surface area contributed by atoms with Gasteiger partial charge in [0.15, 0.2) is 0 Å². The molecule has 0 aromatic carbocycles. The molecule has 18 heavy (non-hydrogen) atoms. The molecule has 1 fully saturated rings. The number of carbonyl (C=O) groups is 1. The first-order valence-electron chi connectivity index (χ1n) is 5.65. The topological polar surface area (TPSA) is 83.7 Å². The summed E-state index contributed by atoms with van der Waals surface area (Å²) in [7, 11) is 0. The van der Waals surface area contributed by atoms with Gasteiger partial charge >= 0.3 is 11.0 Å². The third kappa shape index (κ3) is 2.68. The van der Waals surface area contributed by atoms with Gasteiger partial charge in [-0.25, -0.2) is 0 Å². The average Bonchev–Trinajstić information content (AvgIpc) is 2.70. The molecule has 1 saturated heterocycles. The van der Waals surface area contributed by atoms with Crippen LogP contribution in [-0.4, -0.2) is 34.0 Å². The summed E-state index contributed by atoms with van der Waals surface area (Å²) in [6.07, 6.45) is 0. The fourth-order valence-corrected chi connectivity index (χ4v) is 2.89. The van der Waals surface area contributed by atoms with Gasteiger partial charge < -0.3 is 5.11 Å². The van der Waals surface area contributed by atoms with Crippen molar-refractivity contribution in [3.05, 3.63) is 27.1 Å². The van der Waals surface area contributed by atoms with Crippen LogP contribution >= 0.6 is 11.3 Å². The van der Waals surface area contributed by atoms with Crippen LogP contribution in [0.1, 0.15) is 11.8 Å². The van der Waals surface area contributed by atoms with Gasteiger partial charge in [0.25, 0.3) is 0 Å². The molecule has 0 spiro atoms. The van der Waals surface area contributed by atoms with Crippen molar-refractivity contribution in [3.8, 4) is 0 Å². The molecule has 1 atom stereocenters. The molecule has 0 saturated carbocycles. The van der Waals surface area contributed by atoms with Crippen molar-refractivity contribution in [1.29, 1.82) is 0 Å². The molecule has 1 aromatic rings. The highest BCUT2D eigenvalue weighted by molar-refractivity contribution is 7.15. The lowest BCUT2D eigenvalue weighted by Gasteiger charge is -2.40. The molecular formula is C11H14N2O4S. The molecule has 0 aliphatic carbocycles. The van der Waals surface area contributed by atoms with E-state index >= 15 is 0 Å². The molecule has 1 N–H and O–H groups in total. The first-order chi connectivity index (χ1) is 8.47. The summed E-state index contributed by atoms with van der Waals surface area (Å²) >= 11 is 1.18. The number of likely N-dealkylation sites (tertiary alicyclic amines) is 1. The van der Waals surface area contributed by atoms with Crippen molar-refractivity contribution in [3.63, 3.8) is 0 Å². The molecule has 7 heteroatoms. The van der Waals surface area contributed by atoms with Crippen LogP contribution in [0.5, 0.6) is 0 Å². The first kappa shape index (κ1) is 13.0. The Bertz CT molecular complexity index is 467. The van der Waals surface area contributed by atoms with E-state index in [0.717, 1.165) is 18.0 Å². The number of carboxylic acid groups (broad SMARTS) is 1. The number of hydrogen-bond acceptors (Lipinski definition) is 5. The molecule has 0 radical (unpaired) electrons. The second-order valence-electron chi connectivity index (χ2n) is 4.58. The Kier molecular flexibility index (Phi) is 3.63. The second-order valence-corrected chi connectivity index (χ2v) is 5.72. The number of aliphatic carboxylic acids is 1. The molecule has 0 amide bonds. The van der Waals surface area contributed by atoms with Crippen molar-refractivity contribution >= 4 is 22.3 Å². The summed E-state index contributed by atoms with van der Waals surface area (Å²) in [6, 6.07) is 3.27. The molecule has 1 unspecified atom stereocenters. The van der Waals surface area contributed by atoms with Gasteiger partial charge in [0.05, 0.1) is 10.8 Å². The number of hydrogen-bond donors (Lipinski definition) is 1. The van der Waals surface area contributed by atoms with Crippen LogP contribution in [0.2, 0.25) is 0 Å². The lowest BCUT2D eigenvalue weighted by atomic mass is 9.87. The summed E-state index contributed by atoms with van der Waals surface area (Å²) in [5.74, 6) is -0.886. The first-order valence-corrected chi connectivity index (χ1v) is 6.47. The van der Waals surface area contributed by atoms with Gasteiger partial charge in [-0.05, 0) is 12.0 Å². The largest absolute Gasteiger partial charge is 0.481 e. The monoisotopic (exact) mass is 270 g/mol. The molecule has 2 rings (SSSR count). The van der Waals surface area contributed by atoms with E-state index < -0.39 is 5.97 Å². The molecule has 1 aliphatic heterocycles. The van der Waals surface area contributed by atoms with Crippen LogP contribution < -0.4 is 0 Å². The maximum Gasteiger partial charge on any atom is 0.324 e. The Labute approximate surface area is 108 Å². The smallest absolute Gasteiger partial charge is 0.324 e. The van der Waals surface area contributed by atoms with Crippen LogP contribution in [0.15, 0.2) is 12.1 Å². The summed E-state index contributed by atoms with van der Waals surface area (Å²) in [5, 5.41) is 19.6. The number of rotatable bonds is 5. The molecule has 1 aromatic heterocycles. The van der Waals surface area contributed by atoms with E-state index in [9.17, 15) is 14.9 Å². The Morgan fingerprint density at radius 2 is 2.33 bits per heavy atom. The predicted molar refractivity (Wildman–Crippen MR) is 66.5 cm³/mol. The minimum Gasteiger partial charge on any atom is -0.481 e. The van der Waals surface area contributed by atoms with E-state index in [-0.39, 0.29) is 21.8 Å². The maximum absolute atomic E-state index is 10.8. The highest BCUT2D eigenvalue weighted by Gasteiger charge is 2.34. The van der Waals surface area contributed by atoms with E-state index in [0.29, 0.717) is 6.54 Å². The number of carboxylic acids is 1. The number of thiophene rings is 1. The summed E-state index contributed by atoms with van der Waals surface area (Å²) in [4.78, 5) is 24.0. The van der Waals surface area contributed by atoms with Gasteiger partial charge in [-0.15, -0.1) is 0 Å². The van der Waals surface area contributed by atoms with Gasteiger partial charge in [-0.3, -0.25) is 19.8 Å². The highest BCUT2D eigenvalue weighted by atomic mass is 32.1. The fourth-order valence-electron chi connectivity index (χ4n) is 2.03. The van der Waals surface area contributed by atoms with Gasteiger partial charge in [0.2, 0.25) is 0 Å². The van der Waals surface area contributed by atoms with Crippen LogP contribution in [0.25, 0.3) is 0 Å². The molecule has 0 bridgehead atoms. The van der Waals surface area contributed by atoms with Gasteiger partial charge in [0, 0.05) is 30.6 Å². The van der Waals surface area contributed by atoms with E-state index in [2.05, 4.69) is 4.90 Å². The SMILES string of the molecule is CC(C(=O)O)C1CN(Cc2ccc([N+](=O)[O-])s2)C1. The average molecular weight is 270 g/mol. The highest BCUT2D eigenvalue weighted by Crippen LogP contribution is 2.29. The summed E-state index contributed by atoms with van der Waals surface area (Å²) in [6.45, 7) is 3.89. The van der Waals surface area contributed by atoms with Gasteiger partial charge in [-0.1, -0.05) is 18.3 Å². The summed E-state index contributed by atoms with van der Waals surface area (Å²) in [5.41, 5.74) is 0. The lowest BCUT2D eigenvalue weighted by molar-refractivity contribution is -0.380. The van der Waals surface area contributed by atoms with Crippen molar-refractivity contribution in [2.45, 2.75) is 13.5 Å². The lowest BCUT2D eigenvalue weighted by Crippen LogP contribution is -2.50. The van der Waals surface area contributed by atoms with Crippen LogP contribution in [0.4, 0.5) is 5.00 Å². The van der Waals surface area contributed by atoms with Gasteiger partial charge in [0.1, 0.15) is 0 Å². The van der Waals surface area contributed by atoms with Crippen LogP contribution in [-0.2, 0) is 11.3 Å². The molecule has 1 aliphatic rings. The zero-order valence-electron chi connectivity index (χ0n) is 9.91. The zero-order valence-corrected chi connectivity index (χ0v) is 10.7. The molecule has 98 valence electrons. The van der Waals surface area contributed by atoms with Crippen LogP contribution in [0, 0.1) is 22.0 Å². The number of nitrogens with zero attached hydrogens (tertiary/aromatic N) is 2. The standard InChI is InChI=1S/C11H14N2O4S/c1-7(11(14)15)8-4-12(5-8)6-9-2-3-10(18-9)13(16)17/h2-3,7-8H,4-6H2,1H3,(H,14,15). The summed E-state index contributed by atoms with van der Waals surface area (Å²) < 4.78 is 0. The Morgan fingerprint density at radius 1 is 1.67 bits per heavy atom. The second kappa shape index (κ2) is 5.03. The zero-order chi connectivity index (χ0) is 13.3. The quantitative estimate of drug-likeness (QED) is 0.651. The van der Waals surface area contributed by atoms with E-state index in [4.69, 9.17) is 5.11 Å². The van der Waals surface area contributed by atoms with Crippen molar-refractivity contribution < 1.29 is 14.8 Å². The predicted octanol–water partition coefficient (Wildman–Crippen LogP) is 1.81. The molecule has 2 heterocycles. The van der Waals surface area contributed by atoms with Crippen molar-refractivity contribution in [2.75, 3.05) is 13.1 Å². The third-order valence-corrected chi connectivity index (χ3v) is 4.31. The normalized spacial score (nSPS) is 18.3. The van der Waals surface area contributed by atoms with Crippen molar-refractivity contribution in [1.82, 2.24) is 4.90 Å². The fraction of sp³-hybridized carbons (Fsp3) is 0.545. The minimum absolute atomic E-state index is 0.154. The van der Waals surface area contributed by atoms with Gasteiger partial charge in [-0.2, -0.15) is 0 Å². The van der Waals surface area contributed by atoms with E-state index in [1.165, 1.54) is 17.4 Å². The van der Waals surface area contributed by atoms with E-state index in [1.54, 1.807) is 13.0 Å². The minimum atomic E-state index is -0.758. The third-order valence-electron chi connectivity index (χ3n) is 3.29. The maximum atomic E-state index is 10.8. The molecular weight excluding hydrogens is 256 g/mol. The van der Waals surface area contributed by atoms with E-state index in [1.807, 2.05) is 0 Å². The molecule has 6 nitrogen and oxygen atoms in total. The van der Waals surface area contributed by atoms with Crippen molar-refractivity contribution in [2.24, 2.45) is 11.8 Å². The Hall–Kier alpha value is -1.47. The van der Waals surface area contributed by atoms with Crippen LogP contribution in [0.3, 0.4) is 0 Å².